The number of thiophene rings is 1. The van der Waals surface area contributed by atoms with Crippen molar-refractivity contribution >= 4 is 11.3 Å². The van der Waals surface area contributed by atoms with E-state index >= 15 is 0 Å². The van der Waals surface area contributed by atoms with Gasteiger partial charge >= 0.3 is 0 Å². The van der Waals surface area contributed by atoms with Crippen LogP contribution in [-0.2, 0) is 0 Å². The lowest BCUT2D eigenvalue weighted by molar-refractivity contribution is 0.382. The van der Waals surface area contributed by atoms with Gasteiger partial charge in [0.25, 0.3) is 0 Å². The Morgan fingerprint density at radius 3 is 2.87 bits per heavy atom. The van der Waals surface area contributed by atoms with Gasteiger partial charge in [-0.1, -0.05) is 25.3 Å². The second kappa shape index (κ2) is 5.66. The lowest BCUT2D eigenvalue weighted by Gasteiger charge is -2.23. The largest absolute Gasteiger partial charge is 0.330 e. The highest BCUT2D eigenvalue weighted by atomic mass is 32.1. The smallest absolute Gasteiger partial charge is 0.00789 e. The van der Waals surface area contributed by atoms with Crippen molar-refractivity contribution in [2.24, 2.45) is 11.7 Å². The maximum Gasteiger partial charge on any atom is 0.00789 e. The summed E-state index contributed by atoms with van der Waals surface area (Å²) in [6.07, 6.45) is 8.21. The fraction of sp³-hybridized carbons (Fsp3) is 0.692. The van der Waals surface area contributed by atoms with Gasteiger partial charge in [0.05, 0.1) is 0 Å². The molecule has 1 aromatic rings. The third-order valence-corrected chi connectivity index (χ3v) is 4.61. The summed E-state index contributed by atoms with van der Waals surface area (Å²) in [6, 6.07) is 4.49. The zero-order chi connectivity index (χ0) is 10.5. The molecular weight excluding hydrogens is 202 g/mol. The van der Waals surface area contributed by atoms with E-state index in [-0.39, 0.29) is 0 Å². The molecule has 15 heavy (non-hydrogen) atoms. The van der Waals surface area contributed by atoms with Crippen LogP contribution in [0.25, 0.3) is 0 Å². The summed E-state index contributed by atoms with van der Waals surface area (Å²) in [5.74, 6) is 1.65. The summed E-state index contributed by atoms with van der Waals surface area (Å²) in [5.41, 5.74) is 5.73. The molecule has 0 saturated heterocycles. The average Bonchev–Trinajstić information content (AvgIpc) is 2.67. The van der Waals surface area contributed by atoms with E-state index in [1.54, 1.807) is 4.88 Å². The highest BCUT2D eigenvalue weighted by Gasteiger charge is 2.24. The Morgan fingerprint density at radius 2 is 2.13 bits per heavy atom. The van der Waals surface area contributed by atoms with Crippen molar-refractivity contribution < 1.29 is 0 Å². The molecule has 0 radical (unpaired) electrons. The molecule has 2 rings (SSSR count). The van der Waals surface area contributed by atoms with Crippen LogP contribution in [0.1, 0.15) is 49.3 Å². The lowest BCUT2D eigenvalue weighted by Crippen LogP contribution is -2.15. The molecule has 1 aliphatic rings. The predicted molar refractivity (Wildman–Crippen MR) is 67.3 cm³/mol. The van der Waals surface area contributed by atoms with Crippen LogP contribution in [-0.4, -0.2) is 6.54 Å². The number of nitrogens with two attached hydrogens (primary N) is 1. The van der Waals surface area contributed by atoms with E-state index in [4.69, 9.17) is 5.73 Å². The van der Waals surface area contributed by atoms with Gasteiger partial charge < -0.3 is 5.73 Å². The van der Waals surface area contributed by atoms with Crippen LogP contribution >= 0.6 is 11.3 Å². The normalized spacial score (nSPS) is 27.5. The molecule has 2 heteroatoms. The molecule has 1 aliphatic carbocycles. The van der Waals surface area contributed by atoms with Crippen molar-refractivity contribution in [1.29, 1.82) is 0 Å². The van der Waals surface area contributed by atoms with E-state index in [0.717, 1.165) is 18.4 Å². The van der Waals surface area contributed by atoms with Crippen molar-refractivity contribution in [1.82, 2.24) is 0 Å². The van der Waals surface area contributed by atoms with Crippen molar-refractivity contribution in [3.8, 4) is 0 Å². The molecule has 0 aromatic carbocycles. The Bertz CT molecular complexity index is 268. The standard InChI is InChI=1S/C13H21NS/c14-9-8-11-5-2-1-3-6-12(11)13-7-4-10-15-13/h4,7,10-12H,1-3,5-6,8-9,14H2. The fourth-order valence-corrected chi connectivity index (χ4v) is 3.78. The summed E-state index contributed by atoms with van der Waals surface area (Å²) in [4.78, 5) is 1.59. The van der Waals surface area contributed by atoms with Gasteiger partial charge in [-0.15, -0.1) is 11.3 Å². The highest BCUT2D eigenvalue weighted by molar-refractivity contribution is 7.10. The van der Waals surface area contributed by atoms with Crippen LogP contribution in [0.5, 0.6) is 0 Å². The molecule has 1 nitrogen and oxygen atoms in total. The Balaban J connectivity index is 2.09. The van der Waals surface area contributed by atoms with E-state index in [1.165, 1.54) is 38.5 Å². The average molecular weight is 223 g/mol. The Kier molecular flexibility index (Phi) is 4.21. The van der Waals surface area contributed by atoms with Crippen molar-refractivity contribution in [2.45, 2.75) is 44.4 Å². The predicted octanol–water partition coefficient (Wildman–Crippen LogP) is 3.76. The van der Waals surface area contributed by atoms with Gasteiger partial charge in [-0.05, 0) is 49.1 Å². The molecule has 0 bridgehead atoms. The first-order valence-corrected chi connectivity index (χ1v) is 7.03. The number of hydrogen-bond acceptors (Lipinski definition) is 2. The highest BCUT2D eigenvalue weighted by Crippen LogP contribution is 2.39. The Hall–Kier alpha value is -0.340. The second-order valence-corrected chi connectivity index (χ2v) is 5.58. The molecule has 1 saturated carbocycles. The molecular formula is C13H21NS. The number of rotatable bonds is 3. The van der Waals surface area contributed by atoms with Crippen LogP contribution in [0.3, 0.4) is 0 Å². The molecule has 2 N–H and O–H groups in total. The summed E-state index contributed by atoms with van der Waals surface area (Å²) in [7, 11) is 0. The molecule has 1 fully saturated rings. The Labute approximate surface area is 96.7 Å². The lowest BCUT2D eigenvalue weighted by atomic mass is 9.84. The summed E-state index contributed by atoms with van der Waals surface area (Å²) >= 11 is 1.93. The van der Waals surface area contributed by atoms with Crippen LogP contribution in [0.4, 0.5) is 0 Å². The van der Waals surface area contributed by atoms with Gasteiger partial charge in [-0.25, -0.2) is 0 Å². The minimum Gasteiger partial charge on any atom is -0.330 e. The summed E-state index contributed by atoms with van der Waals surface area (Å²) in [5, 5.41) is 2.21. The van der Waals surface area contributed by atoms with Crippen LogP contribution in [0.2, 0.25) is 0 Å². The van der Waals surface area contributed by atoms with Gasteiger partial charge in [-0.2, -0.15) is 0 Å². The molecule has 0 spiro atoms. The van der Waals surface area contributed by atoms with Crippen LogP contribution in [0, 0.1) is 5.92 Å². The van der Waals surface area contributed by atoms with Gasteiger partial charge in [0.15, 0.2) is 0 Å². The van der Waals surface area contributed by atoms with E-state index in [9.17, 15) is 0 Å². The third-order valence-electron chi connectivity index (χ3n) is 3.61. The molecule has 2 unspecified atom stereocenters. The molecule has 1 heterocycles. The summed E-state index contributed by atoms with van der Waals surface area (Å²) in [6.45, 7) is 0.854. The zero-order valence-electron chi connectivity index (χ0n) is 9.32. The maximum atomic E-state index is 5.73. The van der Waals surface area contributed by atoms with Gasteiger partial charge in [0.1, 0.15) is 0 Å². The van der Waals surface area contributed by atoms with Crippen LogP contribution < -0.4 is 5.73 Å². The zero-order valence-corrected chi connectivity index (χ0v) is 10.1. The third kappa shape index (κ3) is 2.82. The molecule has 84 valence electrons. The topological polar surface area (TPSA) is 26.0 Å². The van der Waals surface area contributed by atoms with E-state index < -0.39 is 0 Å². The molecule has 1 aromatic heterocycles. The SMILES string of the molecule is NCCC1CCCCCC1c1cccs1. The molecule has 0 aliphatic heterocycles. The minimum atomic E-state index is 0.802. The summed E-state index contributed by atoms with van der Waals surface area (Å²) < 4.78 is 0. The first kappa shape index (κ1) is 11.2. The first-order chi connectivity index (χ1) is 7.42. The van der Waals surface area contributed by atoms with Gasteiger partial charge in [0, 0.05) is 4.88 Å². The van der Waals surface area contributed by atoms with Gasteiger partial charge in [-0.3, -0.25) is 0 Å². The van der Waals surface area contributed by atoms with E-state index in [1.807, 2.05) is 11.3 Å². The molecule has 0 amide bonds. The second-order valence-electron chi connectivity index (χ2n) is 4.60. The van der Waals surface area contributed by atoms with E-state index in [2.05, 4.69) is 17.5 Å². The minimum absolute atomic E-state index is 0.802. The first-order valence-electron chi connectivity index (χ1n) is 6.15. The Morgan fingerprint density at radius 1 is 1.27 bits per heavy atom. The van der Waals surface area contributed by atoms with E-state index in [0.29, 0.717) is 0 Å². The fourth-order valence-electron chi connectivity index (χ4n) is 2.82. The quantitative estimate of drug-likeness (QED) is 0.776. The van der Waals surface area contributed by atoms with Crippen molar-refractivity contribution in [3.05, 3.63) is 22.4 Å². The van der Waals surface area contributed by atoms with Gasteiger partial charge in [0.2, 0.25) is 0 Å². The van der Waals surface area contributed by atoms with Crippen LogP contribution in [0.15, 0.2) is 17.5 Å². The van der Waals surface area contributed by atoms with Crippen molar-refractivity contribution in [2.75, 3.05) is 6.54 Å². The monoisotopic (exact) mass is 223 g/mol. The molecule has 2 atom stereocenters. The van der Waals surface area contributed by atoms with Crippen molar-refractivity contribution in [3.63, 3.8) is 0 Å². The number of hydrogen-bond donors (Lipinski definition) is 1. The maximum absolute atomic E-state index is 5.73.